The zero-order valence-electron chi connectivity index (χ0n) is 10.6. The van der Waals surface area contributed by atoms with Gasteiger partial charge in [-0.25, -0.2) is 4.98 Å². The number of nitrogens with zero attached hydrogens (tertiary/aromatic N) is 1. The Morgan fingerprint density at radius 2 is 2.11 bits per heavy atom. The van der Waals surface area contributed by atoms with Crippen LogP contribution in [0.15, 0.2) is 29.6 Å². The van der Waals surface area contributed by atoms with E-state index in [1.807, 2.05) is 24.3 Å². The number of carbonyl (C=O) groups is 1. The summed E-state index contributed by atoms with van der Waals surface area (Å²) in [5.41, 5.74) is 1.41. The molecule has 0 saturated heterocycles. The van der Waals surface area contributed by atoms with E-state index in [1.165, 1.54) is 11.3 Å². The smallest absolute Gasteiger partial charge is 0.196 e. The van der Waals surface area contributed by atoms with Crippen molar-refractivity contribution < 1.29 is 9.53 Å². The molecule has 3 nitrogen and oxygen atoms in total. The summed E-state index contributed by atoms with van der Waals surface area (Å²) in [6.07, 6.45) is 0.984. The topological polar surface area (TPSA) is 39.2 Å². The molecule has 0 atom stereocenters. The monoisotopic (exact) mass is 295 g/mol. The van der Waals surface area contributed by atoms with Crippen LogP contribution in [0, 0.1) is 0 Å². The van der Waals surface area contributed by atoms with Gasteiger partial charge in [0.05, 0.1) is 12.5 Å². The molecule has 0 aliphatic heterocycles. The number of carbonyl (C=O) groups excluding carboxylic acids is 1. The molecule has 1 aromatic heterocycles. The summed E-state index contributed by atoms with van der Waals surface area (Å²) in [6.45, 7) is 2.78. The average Bonchev–Trinajstić information content (AvgIpc) is 2.94. The molecule has 2 aromatic rings. The molecule has 0 aliphatic rings. The number of Topliss-reactive ketones (excluding diaryl/α,β-unsaturated/α-hetero) is 1. The Balaban J connectivity index is 2.13. The summed E-state index contributed by atoms with van der Waals surface area (Å²) in [6, 6.07) is 7.71. The molecule has 0 fully saturated rings. The van der Waals surface area contributed by atoms with Crippen molar-refractivity contribution in [2.24, 2.45) is 0 Å². The summed E-state index contributed by atoms with van der Waals surface area (Å²) in [7, 11) is 0. The lowest BCUT2D eigenvalue weighted by atomic mass is 10.2. The van der Waals surface area contributed by atoms with E-state index in [4.69, 9.17) is 16.3 Å². The first kappa shape index (κ1) is 14.0. The largest absolute Gasteiger partial charge is 0.494 e. The van der Waals surface area contributed by atoms with Crippen LogP contribution in [0.25, 0.3) is 10.6 Å². The van der Waals surface area contributed by atoms with Gasteiger partial charge in [-0.1, -0.05) is 6.92 Å². The lowest BCUT2D eigenvalue weighted by Gasteiger charge is -2.04. The third-order valence-corrected chi connectivity index (χ3v) is 3.62. The highest BCUT2D eigenvalue weighted by Gasteiger charge is 2.10. The molecule has 0 N–H and O–H groups in total. The Morgan fingerprint density at radius 3 is 2.74 bits per heavy atom. The van der Waals surface area contributed by atoms with Crippen LogP contribution in [0.3, 0.4) is 0 Å². The molecule has 1 aromatic carbocycles. The van der Waals surface area contributed by atoms with Crippen molar-refractivity contribution in [1.82, 2.24) is 4.98 Å². The number of thiazole rings is 1. The molecule has 5 heteroatoms. The summed E-state index contributed by atoms with van der Waals surface area (Å²) in [5.74, 6) is 0.666. The minimum absolute atomic E-state index is 0.0348. The van der Waals surface area contributed by atoms with E-state index in [0.717, 1.165) is 22.7 Å². The predicted octanol–water partition coefficient (Wildman–Crippen LogP) is 4.02. The maximum absolute atomic E-state index is 11.4. The van der Waals surface area contributed by atoms with E-state index in [9.17, 15) is 4.79 Å². The first-order valence-electron chi connectivity index (χ1n) is 6.02. The normalized spacial score (nSPS) is 10.4. The Kier molecular flexibility index (Phi) is 4.93. The first-order valence-corrected chi connectivity index (χ1v) is 7.44. The van der Waals surface area contributed by atoms with Crippen LogP contribution >= 0.6 is 22.9 Å². The molecule has 1 heterocycles. The highest BCUT2D eigenvalue weighted by Crippen LogP contribution is 2.26. The van der Waals surface area contributed by atoms with Gasteiger partial charge in [-0.3, -0.25) is 4.79 Å². The average molecular weight is 296 g/mol. The van der Waals surface area contributed by atoms with Crippen LogP contribution < -0.4 is 4.74 Å². The van der Waals surface area contributed by atoms with Crippen molar-refractivity contribution >= 4 is 28.7 Å². The third-order valence-electron chi connectivity index (χ3n) is 2.49. The van der Waals surface area contributed by atoms with Gasteiger partial charge in [0.25, 0.3) is 0 Å². The number of rotatable bonds is 6. The van der Waals surface area contributed by atoms with Crippen molar-refractivity contribution in [3.05, 3.63) is 35.3 Å². The van der Waals surface area contributed by atoms with E-state index >= 15 is 0 Å². The lowest BCUT2D eigenvalue weighted by Crippen LogP contribution is -2.00. The van der Waals surface area contributed by atoms with Crippen LogP contribution in [0.2, 0.25) is 0 Å². The second-order valence-electron chi connectivity index (χ2n) is 3.97. The van der Waals surface area contributed by atoms with Crippen molar-refractivity contribution in [1.29, 1.82) is 0 Å². The molecule has 0 saturated carbocycles. The molecule has 0 unspecified atom stereocenters. The molecule has 0 bridgehead atoms. The summed E-state index contributed by atoms with van der Waals surface area (Å²) >= 11 is 6.95. The zero-order chi connectivity index (χ0) is 13.7. The fourth-order valence-corrected chi connectivity index (χ4v) is 2.48. The molecule has 0 radical (unpaired) electrons. The molecular formula is C14H14ClNO2S. The number of ketones is 1. The Bertz CT molecular complexity index is 551. The standard InChI is InChI=1S/C14H14ClNO2S/c1-2-7-18-11-5-3-10(4-6-11)14-16-12(9-19-14)13(17)8-15/h3-6,9H,2,7-8H2,1H3. The minimum atomic E-state index is -0.146. The molecule has 100 valence electrons. The van der Waals surface area contributed by atoms with Gasteiger partial charge in [-0.15, -0.1) is 22.9 Å². The van der Waals surface area contributed by atoms with Crippen LogP contribution in [0.1, 0.15) is 23.8 Å². The predicted molar refractivity (Wildman–Crippen MR) is 78.4 cm³/mol. The van der Waals surface area contributed by atoms with Crippen LogP contribution in [-0.4, -0.2) is 23.3 Å². The van der Waals surface area contributed by atoms with E-state index < -0.39 is 0 Å². The van der Waals surface area contributed by atoms with Crippen LogP contribution in [0.4, 0.5) is 0 Å². The Hall–Kier alpha value is -1.39. The molecule has 0 amide bonds. The van der Waals surface area contributed by atoms with Crippen LogP contribution in [0.5, 0.6) is 5.75 Å². The highest BCUT2D eigenvalue weighted by atomic mass is 35.5. The van der Waals surface area contributed by atoms with Gasteiger partial charge < -0.3 is 4.74 Å². The van der Waals surface area contributed by atoms with E-state index in [2.05, 4.69) is 11.9 Å². The molecule has 19 heavy (non-hydrogen) atoms. The first-order chi connectivity index (χ1) is 9.24. The van der Waals surface area contributed by atoms with E-state index in [0.29, 0.717) is 12.3 Å². The lowest BCUT2D eigenvalue weighted by molar-refractivity contribution is 0.101. The summed E-state index contributed by atoms with van der Waals surface area (Å²) in [5, 5.41) is 2.55. The molecular weight excluding hydrogens is 282 g/mol. The minimum Gasteiger partial charge on any atom is -0.494 e. The number of ether oxygens (including phenoxy) is 1. The summed E-state index contributed by atoms with van der Waals surface area (Å²) < 4.78 is 5.52. The second kappa shape index (κ2) is 6.68. The summed E-state index contributed by atoms with van der Waals surface area (Å²) in [4.78, 5) is 15.7. The number of alkyl halides is 1. The van der Waals surface area contributed by atoms with Gasteiger partial charge in [-0.2, -0.15) is 0 Å². The van der Waals surface area contributed by atoms with Gasteiger partial charge in [0, 0.05) is 10.9 Å². The maximum atomic E-state index is 11.4. The fourth-order valence-electron chi connectivity index (χ4n) is 1.52. The Morgan fingerprint density at radius 1 is 1.37 bits per heavy atom. The number of benzene rings is 1. The van der Waals surface area contributed by atoms with Gasteiger partial charge in [-0.05, 0) is 30.7 Å². The van der Waals surface area contributed by atoms with Crippen molar-refractivity contribution in [2.45, 2.75) is 13.3 Å². The zero-order valence-corrected chi connectivity index (χ0v) is 12.1. The SMILES string of the molecule is CCCOc1ccc(-c2nc(C(=O)CCl)cs2)cc1. The number of hydrogen-bond donors (Lipinski definition) is 0. The number of aromatic nitrogens is 1. The van der Waals surface area contributed by atoms with Crippen molar-refractivity contribution in [2.75, 3.05) is 12.5 Å². The highest BCUT2D eigenvalue weighted by molar-refractivity contribution is 7.13. The van der Waals surface area contributed by atoms with Crippen molar-refractivity contribution in [3.63, 3.8) is 0 Å². The fraction of sp³-hybridized carbons (Fsp3) is 0.286. The second-order valence-corrected chi connectivity index (χ2v) is 5.09. The number of halogens is 1. The Labute approximate surface area is 121 Å². The molecule has 0 aliphatic carbocycles. The third kappa shape index (κ3) is 3.55. The molecule has 2 rings (SSSR count). The van der Waals surface area contributed by atoms with E-state index in [-0.39, 0.29) is 11.7 Å². The van der Waals surface area contributed by atoms with Crippen molar-refractivity contribution in [3.8, 4) is 16.3 Å². The van der Waals surface area contributed by atoms with Gasteiger partial charge >= 0.3 is 0 Å². The van der Waals surface area contributed by atoms with Gasteiger partial charge in [0.2, 0.25) is 0 Å². The van der Waals surface area contributed by atoms with Gasteiger partial charge in [0.15, 0.2) is 5.78 Å². The molecule has 0 spiro atoms. The maximum Gasteiger partial charge on any atom is 0.196 e. The quantitative estimate of drug-likeness (QED) is 0.597. The van der Waals surface area contributed by atoms with E-state index in [1.54, 1.807) is 5.38 Å². The van der Waals surface area contributed by atoms with Crippen LogP contribution in [-0.2, 0) is 0 Å². The number of hydrogen-bond acceptors (Lipinski definition) is 4. The van der Waals surface area contributed by atoms with Gasteiger partial charge in [0.1, 0.15) is 16.5 Å².